The lowest BCUT2D eigenvalue weighted by atomic mass is 10.1. The topological polar surface area (TPSA) is 107 Å². The molecule has 4 aromatic rings. The molecule has 0 unspecified atom stereocenters. The van der Waals surface area contributed by atoms with Crippen LogP contribution in [0.4, 0.5) is 16.4 Å². The molecule has 8 nitrogen and oxygen atoms in total. The number of fused-ring (bicyclic) bond motifs is 1. The van der Waals surface area contributed by atoms with Gasteiger partial charge >= 0.3 is 6.03 Å². The zero-order chi connectivity index (χ0) is 23.2. The van der Waals surface area contributed by atoms with Gasteiger partial charge in [0.1, 0.15) is 0 Å². The van der Waals surface area contributed by atoms with Crippen LogP contribution in [0.15, 0.2) is 65.8 Å². The number of para-hydroxylation sites is 1. The van der Waals surface area contributed by atoms with Crippen LogP contribution in [0.2, 0.25) is 0 Å². The van der Waals surface area contributed by atoms with Gasteiger partial charge in [-0.25, -0.2) is 14.8 Å². The second kappa shape index (κ2) is 9.95. The Hall–Kier alpha value is -4.20. The number of aromatic nitrogens is 3. The van der Waals surface area contributed by atoms with Crippen LogP contribution in [0.25, 0.3) is 10.9 Å². The minimum Gasteiger partial charge on any atom is -0.361 e. The largest absolute Gasteiger partial charge is 0.361 e. The average molecular weight is 442 g/mol. The summed E-state index contributed by atoms with van der Waals surface area (Å²) >= 11 is 0. The van der Waals surface area contributed by atoms with Crippen LogP contribution in [0.1, 0.15) is 22.5 Å². The van der Waals surface area contributed by atoms with Gasteiger partial charge in [0.2, 0.25) is 11.9 Å². The van der Waals surface area contributed by atoms with Gasteiger partial charge in [-0.2, -0.15) is 0 Å². The molecule has 4 N–H and O–H groups in total. The van der Waals surface area contributed by atoms with E-state index >= 15 is 0 Å². The van der Waals surface area contributed by atoms with Gasteiger partial charge in [-0.15, -0.1) is 0 Å². The lowest BCUT2D eigenvalue weighted by molar-refractivity contribution is 0.256. The molecule has 4 rings (SSSR count). The number of nitrogens with one attached hydrogen (secondary N) is 4. The van der Waals surface area contributed by atoms with Crippen molar-refractivity contribution in [2.75, 3.05) is 17.2 Å². The third-order valence-electron chi connectivity index (χ3n) is 5.05. The van der Waals surface area contributed by atoms with Gasteiger partial charge in [0.05, 0.1) is 0 Å². The molecule has 0 bridgehead atoms. The summed E-state index contributed by atoms with van der Waals surface area (Å²) in [5.74, 6) is 0.666. The van der Waals surface area contributed by atoms with Crippen LogP contribution < -0.4 is 16.0 Å². The zero-order valence-electron chi connectivity index (χ0n) is 18.9. The fraction of sp³-hybridized carbons (Fsp3) is 0.200. The van der Waals surface area contributed by atoms with Gasteiger partial charge in [-0.05, 0) is 62.6 Å². The van der Waals surface area contributed by atoms with Crippen LogP contribution in [0.3, 0.4) is 0 Å². The summed E-state index contributed by atoms with van der Waals surface area (Å²) in [6, 6.07) is 17.2. The number of carbonyl (C=O) groups excluding carboxylic acids is 1. The number of aryl methyl sites for hydroxylation is 3. The molecule has 0 spiro atoms. The Labute approximate surface area is 192 Å². The van der Waals surface area contributed by atoms with E-state index in [4.69, 9.17) is 0 Å². The molecular formula is C25H27N7O. The molecule has 0 aliphatic carbocycles. The van der Waals surface area contributed by atoms with Gasteiger partial charge in [0, 0.05) is 40.7 Å². The maximum absolute atomic E-state index is 12.6. The highest BCUT2D eigenvalue weighted by atomic mass is 16.2. The number of guanidine groups is 1. The number of nitrogens with zero attached hydrogens (tertiary/aromatic N) is 3. The van der Waals surface area contributed by atoms with Gasteiger partial charge in [0.25, 0.3) is 0 Å². The number of hydrogen-bond donors (Lipinski definition) is 4. The van der Waals surface area contributed by atoms with E-state index in [0.29, 0.717) is 24.6 Å². The van der Waals surface area contributed by atoms with Gasteiger partial charge < -0.3 is 10.3 Å². The summed E-state index contributed by atoms with van der Waals surface area (Å²) in [5, 5.41) is 9.85. The molecule has 33 heavy (non-hydrogen) atoms. The normalized spacial score (nSPS) is 11.4. The lowest BCUT2D eigenvalue weighted by Crippen LogP contribution is -2.39. The van der Waals surface area contributed by atoms with E-state index in [2.05, 4.69) is 42.0 Å². The molecule has 2 heterocycles. The fourth-order valence-electron chi connectivity index (χ4n) is 3.62. The number of urea groups is 1. The minimum atomic E-state index is -0.400. The first-order valence-electron chi connectivity index (χ1n) is 10.8. The molecule has 168 valence electrons. The first-order valence-corrected chi connectivity index (χ1v) is 10.8. The maximum Gasteiger partial charge on any atom is 0.326 e. The van der Waals surface area contributed by atoms with E-state index in [1.54, 1.807) is 0 Å². The second-order valence-corrected chi connectivity index (χ2v) is 7.89. The predicted molar refractivity (Wildman–Crippen MR) is 133 cm³/mol. The Morgan fingerprint density at radius 3 is 2.55 bits per heavy atom. The van der Waals surface area contributed by atoms with Gasteiger partial charge in [0.15, 0.2) is 0 Å². The molecule has 0 atom stereocenters. The molecule has 2 aromatic carbocycles. The first-order chi connectivity index (χ1) is 16.0. The summed E-state index contributed by atoms with van der Waals surface area (Å²) in [6.07, 6.45) is 2.71. The molecule has 0 fully saturated rings. The van der Waals surface area contributed by atoms with Crippen molar-refractivity contribution >= 4 is 34.5 Å². The molecule has 2 amide bonds. The molecule has 0 saturated carbocycles. The number of anilines is 2. The number of H-pyrrole nitrogens is 1. The number of aliphatic imine (C=N–C) groups is 1. The highest BCUT2D eigenvalue weighted by molar-refractivity contribution is 6.07. The van der Waals surface area contributed by atoms with Crippen LogP contribution in [0.5, 0.6) is 0 Å². The Morgan fingerprint density at radius 1 is 0.970 bits per heavy atom. The van der Waals surface area contributed by atoms with Crippen molar-refractivity contribution in [3.63, 3.8) is 0 Å². The monoisotopic (exact) mass is 441 g/mol. The van der Waals surface area contributed by atoms with Crippen LogP contribution >= 0.6 is 0 Å². The summed E-state index contributed by atoms with van der Waals surface area (Å²) in [7, 11) is 0. The molecule has 0 aliphatic heterocycles. The smallest absolute Gasteiger partial charge is 0.326 e. The lowest BCUT2D eigenvalue weighted by Gasteiger charge is -2.12. The second-order valence-electron chi connectivity index (χ2n) is 7.89. The van der Waals surface area contributed by atoms with E-state index in [0.717, 1.165) is 22.5 Å². The molecule has 0 aliphatic rings. The molecule has 2 aromatic heterocycles. The number of aromatic amines is 1. The Bertz CT molecular complexity index is 1290. The number of rotatable bonds is 5. The maximum atomic E-state index is 12.6. The zero-order valence-corrected chi connectivity index (χ0v) is 18.9. The van der Waals surface area contributed by atoms with E-state index in [1.807, 2.05) is 75.5 Å². The number of hydrogen-bond acceptors (Lipinski definition) is 4. The van der Waals surface area contributed by atoms with Crippen molar-refractivity contribution < 1.29 is 4.79 Å². The van der Waals surface area contributed by atoms with Crippen molar-refractivity contribution in [2.45, 2.75) is 27.2 Å². The SMILES string of the molecule is Cc1cccc(NC(=O)NC(=NCCc2c[nH]c3ccccc23)Nc2nc(C)cc(C)n2)c1. The van der Waals surface area contributed by atoms with E-state index in [9.17, 15) is 4.79 Å². The third kappa shape index (κ3) is 5.94. The Balaban J connectivity index is 1.50. The van der Waals surface area contributed by atoms with Crippen molar-refractivity contribution in [1.29, 1.82) is 0 Å². The predicted octanol–water partition coefficient (Wildman–Crippen LogP) is 4.72. The van der Waals surface area contributed by atoms with E-state index in [1.165, 1.54) is 10.9 Å². The van der Waals surface area contributed by atoms with Crippen LogP contribution in [0, 0.1) is 20.8 Å². The molecular weight excluding hydrogens is 414 g/mol. The van der Waals surface area contributed by atoms with Crippen molar-refractivity contribution in [1.82, 2.24) is 20.3 Å². The van der Waals surface area contributed by atoms with Gasteiger partial charge in [-0.3, -0.25) is 15.6 Å². The Kier molecular flexibility index (Phi) is 6.64. The molecule has 0 saturated heterocycles. The highest BCUT2D eigenvalue weighted by Crippen LogP contribution is 2.18. The van der Waals surface area contributed by atoms with E-state index < -0.39 is 6.03 Å². The summed E-state index contributed by atoms with van der Waals surface area (Å²) < 4.78 is 0. The third-order valence-corrected chi connectivity index (χ3v) is 5.05. The fourth-order valence-corrected chi connectivity index (χ4v) is 3.62. The summed E-state index contributed by atoms with van der Waals surface area (Å²) in [4.78, 5) is 29.3. The number of carbonyl (C=O) groups is 1. The quantitative estimate of drug-likeness (QED) is 0.266. The standard InChI is InChI=1S/C25H27N7O/c1-16-7-6-8-20(13-16)30-25(33)32-23(31-24-28-17(2)14-18(3)29-24)26-12-11-19-15-27-22-10-5-4-9-21(19)22/h4-10,13-15,27H,11-12H2,1-3H3,(H3,26,28,29,30,31,32,33). The molecule has 8 heteroatoms. The van der Waals surface area contributed by atoms with Crippen LogP contribution in [-0.4, -0.2) is 33.5 Å². The highest BCUT2D eigenvalue weighted by Gasteiger charge is 2.10. The number of amides is 2. The first kappa shape index (κ1) is 22.0. The van der Waals surface area contributed by atoms with Crippen molar-refractivity contribution in [3.05, 3.63) is 83.3 Å². The Morgan fingerprint density at radius 2 is 1.76 bits per heavy atom. The molecule has 0 radical (unpaired) electrons. The van der Waals surface area contributed by atoms with Crippen molar-refractivity contribution in [3.8, 4) is 0 Å². The average Bonchev–Trinajstić information content (AvgIpc) is 3.16. The summed E-state index contributed by atoms with van der Waals surface area (Å²) in [5.41, 5.74) is 5.67. The minimum absolute atomic E-state index is 0.282. The van der Waals surface area contributed by atoms with Gasteiger partial charge in [-0.1, -0.05) is 30.3 Å². The van der Waals surface area contributed by atoms with Crippen LogP contribution in [-0.2, 0) is 6.42 Å². The summed E-state index contributed by atoms with van der Waals surface area (Å²) in [6.45, 7) is 6.23. The van der Waals surface area contributed by atoms with Crippen molar-refractivity contribution in [2.24, 2.45) is 4.99 Å². The van der Waals surface area contributed by atoms with E-state index in [-0.39, 0.29) is 5.96 Å². The number of benzene rings is 2.